The Balaban J connectivity index is -0.000000400. The number of nitrogens with one attached hydrogen (secondary N) is 1. The van der Waals surface area contributed by atoms with E-state index in [0.717, 1.165) is 25.7 Å². The second kappa shape index (κ2) is 13.1. The number of hydrogen-bond acceptors (Lipinski definition) is 5. The van der Waals surface area contributed by atoms with Gasteiger partial charge in [0.15, 0.2) is 0 Å². The summed E-state index contributed by atoms with van der Waals surface area (Å²) in [5.41, 5.74) is 5.46. The van der Waals surface area contributed by atoms with Gasteiger partial charge in [-0.25, -0.2) is 13.1 Å². The smallest absolute Gasteiger partial charge is 0.208 e. The second-order valence-electron chi connectivity index (χ2n) is 8.14. The van der Waals surface area contributed by atoms with Crippen molar-refractivity contribution in [3.05, 3.63) is 0 Å². The molecule has 0 spiro atoms. The Morgan fingerprint density at radius 1 is 0.926 bits per heavy atom. The van der Waals surface area contributed by atoms with Crippen molar-refractivity contribution >= 4 is 10.0 Å². The molecule has 27 heavy (non-hydrogen) atoms. The molecule has 2 fully saturated rings. The molecule has 2 heterocycles. The van der Waals surface area contributed by atoms with Gasteiger partial charge >= 0.3 is 0 Å². The molecule has 0 unspecified atom stereocenters. The average molecular weight is 413 g/mol. The Morgan fingerprint density at radius 2 is 1.33 bits per heavy atom. The molecule has 2 aliphatic heterocycles. The van der Waals surface area contributed by atoms with E-state index in [4.69, 9.17) is 15.2 Å². The van der Waals surface area contributed by atoms with Gasteiger partial charge in [-0.15, -0.1) is 0 Å². The fraction of sp³-hybridized carbons (Fsp3) is 1.00. The van der Waals surface area contributed by atoms with Crippen LogP contribution in [0.2, 0.25) is 0 Å². The highest BCUT2D eigenvalue weighted by Crippen LogP contribution is 2.28. The van der Waals surface area contributed by atoms with Crippen LogP contribution in [0.1, 0.15) is 88.5 Å². The molecule has 0 aromatic rings. The Bertz CT molecular complexity index is 478. The van der Waals surface area contributed by atoms with Gasteiger partial charge in [0.05, 0.1) is 29.7 Å². The topological polar surface area (TPSA) is 90.6 Å². The Kier molecular flexibility index (Phi) is 15.3. The molecule has 2 aliphatic rings. The van der Waals surface area contributed by atoms with Gasteiger partial charge in [0.2, 0.25) is 10.0 Å². The maximum atomic E-state index is 10.9. The summed E-state index contributed by atoms with van der Waals surface area (Å²) in [6.07, 6.45) is 8.15. The van der Waals surface area contributed by atoms with E-state index >= 15 is 0 Å². The average Bonchev–Trinajstić information content (AvgIpc) is 2.43. The van der Waals surface area contributed by atoms with Gasteiger partial charge in [0.25, 0.3) is 0 Å². The summed E-state index contributed by atoms with van der Waals surface area (Å²) in [5, 5.41) is 0. The second-order valence-corrected chi connectivity index (χ2v) is 9.97. The molecule has 0 amide bonds. The third-order valence-electron chi connectivity index (χ3n) is 4.42. The standard InChI is InChI=1S/C9H19NO3S.C8H17NO.3CH4/c1-9(2)6-4-5-8(13-9)7-10-14(3,11)12;1-8(2)5-3-4-7(6-9)10-8;;;/h8,10H,4-7H2,1-3H3;7H,3-6,9H2,1-2H3;3*1H4/t8-;7-;;;/m11.../s1. The Hall–Kier alpha value is -0.210. The zero-order chi connectivity index (χ0) is 18.4. The molecular weight excluding hydrogens is 364 g/mol. The summed E-state index contributed by atoms with van der Waals surface area (Å²) in [5.74, 6) is 0. The number of ether oxygens (including phenoxy) is 2. The molecule has 2 saturated heterocycles. The van der Waals surface area contributed by atoms with Gasteiger partial charge < -0.3 is 15.2 Å². The molecule has 2 atom stereocenters. The Morgan fingerprint density at radius 3 is 1.67 bits per heavy atom. The van der Waals surface area contributed by atoms with Crippen LogP contribution in [0.5, 0.6) is 0 Å². The first kappa shape index (κ1) is 31.5. The molecule has 3 N–H and O–H groups in total. The summed E-state index contributed by atoms with van der Waals surface area (Å²) < 4.78 is 35.7. The lowest BCUT2D eigenvalue weighted by molar-refractivity contribution is -0.103. The molecule has 0 bridgehead atoms. The molecule has 0 aromatic heterocycles. The van der Waals surface area contributed by atoms with Crippen LogP contribution in [0.25, 0.3) is 0 Å². The largest absolute Gasteiger partial charge is 0.371 e. The summed E-state index contributed by atoms with van der Waals surface area (Å²) in [6.45, 7) is 9.41. The van der Waals surface area contributed by atoms with E-state index in [9.17, 15) is 8.42 Å². The van der Waals surface area contributed by atoms with Crippen LogP contribution in [0.3, 0.4) is 0 Å². The maximum absolute atomic E-state index is 10.9. The highest BCUT2D eigenvalue weighted by atomic mass is 32.2. The van der Waals surface area contributed by atoms with Crippen LogP contribution in [-0.4, -0.2) is 51.2 Å². The molecule has 2 rings (SSSR count). The third-order valence-corrected chi connectivity index (χ3v) is 5.11. The Labute approximate surface area is 170 Å². The monoisotopic (exact) mass is 412 g/mol. The van der Waals surface area contributed by atoms with E-state index in [1.165, 1.54) is 19.1 Å². The fourth-order valence-electron chi connectivity index (χ4n) is 3.20. The minimum atomic E-state index is -3.09. The van der Waals surface area contributed by atoms with Gasteiger partial charge in [0, 0.05) is 13.1 Å². The van der Waals surface area contributed by atoms with Crippen molar-refractivity contribution in [2.24, 2.45) is 5.73 Å². The van der Waals surface area contributed by atoms with Gasteiger partial charge in [-0.2, -0.15) is 0 Å². The van der Waals surface area contributed by atoms with Crippen molar-refractivity contribution in [1.82, 2.24) is 4.72 Å². The fourth-order valence-corrected chi connectivity index (χ4v) is 3.69. The van der Waals surface area contributed by atoms with Crippen molar-refractivity contribution in [3.63, 3.8) is 0 Å². The van der Waals surface area contributed by atoms with Gasteiger partial charge in [-0.05, 0) is 66.2 Å². The van der Waals surface area contributed by atoms with Crippen molar-refractivity contribution in [2.75, 3.05) is 19.3 Å². The minimum absolute atomic E-state index is 0. The van der Waals surface area contributed by atoms with Gasteiger partial charge in [-0.3, -0.25) is 0 Å². The van der Waals surface area contributed by atoms with E-state index in [2.05, 4.69) is 18.6 Å². The SMILES string of the molecule is C.C.C.CC1(C)CCC[C@H](CN)O1.CC1(C)CCC[C@H](CNS(C)(=O)=O)O1. The number of nitrogens with two attached hydrogens (primary N) is 1. The van der Waals surface area contributed by atoms with Crippen LogP contribution >= 0.6 is 0 Å². The molecule has 6 nitrogen and oxygen atoms in total. The van der Waals surface area contributed by atoms with Crippen LogP contribution < -0.4 is 10.5 Å². The van der Waals surface area contributed by atoms with Crippen LogP contribution in [0.4, 0.5) is 0 Å². The molecule has 0 saturated carbocycles. The van der Waals surface area contributed by atoms with Gasteiger partial charge in [0.1, 0.15) is 0 Å². The van der Waals surface area contributed by atoms with E-state index in [1.807, 2.05) is 13.8 Å². The summed E-state index contributed by atoms with van der Waals surface area (Å²) >= 11 is 0. The van der Waals surface area contributed by atoms with E-state index in [0.29, 0.717) is 19.2 Å². The van der Waals surface area contributed by atoms with E-state index in [1.54, 1.807) is 0 Å². The summed E-state index contributed by atoms with van der Waals surface area (Å²) in [6, 6.07) is 0. The van der Waals surface area contributed by atoms with Crippen molar-refractivity contribution in [2.45, 2.75) is 112 Å². The maximum Gasteiger partial charge on any atom is 0.208 e. The molecule has 7 heteroatoms. The van der Waals surface area contributed by atoms with Gasteiger partial charge in [-0.1, -0.05) is 22.3 Å². The zero-order valence-electron chi connectivity index (χ0n) is 15.9. The number of rotatable bonds is 4. The molecule has 168 valence electrons. The summed E-state index contributed by atoms with van der Waals surface area (Å²) in [4.78, 5) is 0. The predicted molar refractivity (Wildman–Crippen MR) is 118 cm³/mol. The van der Waals surface area contributed by atoms with Crippen molar-refractivity contribution in [3.8, 4) is 0 Å². The lowest BCUT2D eigenvalue weighted by atomic mass is 9.95. The van der Waals surface area contributed by atoms with Crippen molar-refractivity contribution in [1.29, 1.82) is 0 Å². The van der Waals surface area contributed by atoms with Crippen LogP contribution in [0.15, 0.2) is 0 Å². The lowest BCUT2D eigenvalue weighted by Gasteiger charge is -2.36. The lowest BCUT2D eigenvalue weighted by Crippen LogP contribution is -2.41. The predicted octanol–water partition coefficient (Wildman–Crippen LogP) is 4.08. The van der Waals surface area contributed by atoms with Crippen LogP contribution in [0, 0.1) is 0 Å². The zero-order valence-corrected chi connectivity index (χ0v) is 16.7. The highest BCUT2D eigenvalue weighted by molar-refractivity contribution is 7.88. The first-order chi connectivity index (χ1) is 10.9. The van der Waals surface area contributed by atoms with Crippen molar-refractivity contribution < 1.29 is 17.9 Å². The van der Waals surface area contributed by atoms with E-state index < -0.39 is 10.0 Å². The third kappa shape index (κ3) is 14.4. The first-order valence-electron chi connectivity index (χ1n) is 8.93. The normalized spacial score (nSPS) is 26.1. The number of hydrogen-bond donors (Lipinski definition) is 2. The minimum Gasteiger partial charge on any atom is -0.371 e. The first-order valence-corrected chi connectivity index (χ1v) is 10.8. The highest BCUT2D eigenvalue weighted by Gasteiger charge is 2.29. The van der Waals surface area contributed by atoms with Crippen LogP contribution in [-0.2, 0) is 19.5 Å². The van der Waals surface area contributed by atoms with E-state index in [-0.39, 0.29) is 39.6 Å². The molecular formula is C20H48N2O4S. The quantitative estimate of drug-likeness (QED) is 0.726. The molecule has 0 radical (unpaired) electrons. The summed E-state index contributed by atoms with van der Waals surface area (Å²) in [7, 11) is -3.09. The molecule has 0 aromatic carbocycles. The molecule has 0 aliphatic carbocycles. The number of sulfonamides is 1.